The molecule has 6 heteroatoms. The maximum Gasteiger partial charge on any atom is 0.306 e. The van der Waals surface area contributed by atoms with Crippen LogP contribution in [-0.2, 0) is 14.3 Å². The van der Waals surface area contributed by atoms with E-state index in [1.807, 2.05) is 0 Å². The summed E-state index contributed by atoms with van der Waals surface area (Å²) in [6.45, 7) is 6.44. The van der Waals surface area contributed by atoms with Crippen LogP contribution in [0.1, 0.15) is 258 Å². The minimum absolute atomic E-state index is 0.0464. The van der Waals surface area contributed by atoms with Gasteiger partial charge in [0.05, 0.1) is 25.2 Å². The van der Waals surface area contributed by atoms with Crippen molar-refractivity contribution in [3.63, 3.8) is 0 Å². The van der Waals surface area contributed by atoms with Crippen LogP contribution in [0.3, 0.4) is 0 Å². The Balaban J connectivity index is 4.68. The fourth-order valence-electron chi connectivity index (χ4n) is 7.67. The van der Waals surface area contributed by atoms with Crippen molar-refractivity contribution in [2.75, 3.05) is 6.61 Å². The first-order valence-electron chi connectivity index (χ1n) is 25.9. The minimum atomic E-state index is -0.799. The van der Waals surface area contributed by atoms with Gasteiger partial charge in [-0.1, -0.05) is 204 Å². The number of ether oxygens (including phenoxy) is 1. The lowest BCUT2D eigenvalue weighted by Crippen LogP contribution is -2.46. The van der Waals surface area contributed by atoms with Gasteiger partial charge in [0.1, 0.15) is 6.10 Å². The van der Waals surface area contributed by atoms with Crippen molar-refractivity contribution in [2.24, 2.45) is 0 Å². The summed E-state index contributed by atoms with van der Waals surface area (Å²) in [4.78, 5) is 26.1. The molecule has 6 nitrogen and oxygen atoms in total. The average Bonchev–Trinajstić information content (AvgIpc) is 3.24. The highest BCUT2D eigenvalue weighted by atomic mass is 16.5. The molecule has 0 saturated heterocycles. The molecule has 3 atom stereocenters. The van der Waals surface area contributed by atoms with Crippen LogP contribution < -0.4 is 5.32 Å². The molecule has 350 valence electrons. The standard InChI is InChI=1S/C54H99NO5/c1-4-7-10-13-16-19-22-25-27-28-30-33-36-39-42-45-50(60-54(59)47-44-41-38-35-32-29-26-23-20-17-14-11-8-5-2)48-53(58)55-51(49-56)52(57)46-43-40-37-34-31-24-21-18-15-12-9-6-3/h16,19,25,27,29-30,32-33,50-52,56-57H,4-15,17-18,20-24,26,28,31,34-49H2,1-3H3,(H,55,58)/b19-16-,27-25-,32-29-,33-30-. The number of amides is 1. The van der Waals surface area contributed by atoms with Crippen LogP contribution in [0.15, 0.2) is 48.6 Å². The van der Waals surface area contributed by atoms with Crippen molar-refractivity contribution < 1.29 is 24.5 Å². The topological polar surface area (TPSA) is 95.9 Å². The van der Waals surface area contributed by atoms with Gasteiger partial charge in [0, 0.05) is 6.42 Å². The predicted octanol–water partition coefficient (Wildman–Crippen LogP) is 15.5. The molecule has 0 aromatic rings. The molecule has 3 N–H and O–H groups in total. The van der Waals surface area contributed by atoms with E-state index in [1.54, 1.807) is 0 Å². The zero-order chi connectivity index (χ0) is 43.8. The summed E-state index contributed by atoms with van der Waals surface area (Å²) in [6, 6.07) is -0.716. The number of aliphatic hydroxyl groups excluding tert-OH is 2. The molecule has 0 saturated carbocycles. The summed E-state index contributed by atoms with van der Waals surface area (Å²) in [6.07, 6.45) is 57.4. The van der Waals surface area contributed by atoms with Gasteiger partial charge in [-0.2, -0.15) is 0 Å². The summed E-state index contributed by atoms with van der Waals surface area (Å²) in [7, 11) is 0. The smallest absolute Gasteiger partial charge is 0.306 e. The van der Waals surface area contributed by atoms with Crippen molar-refractivity contribution in [3.8, 4) is 0 Å². The molecule has 0 heterocycles. The summed E-state index contributed by atoms with van der Waals surface area (Å²) < 4.78 is 5.91. The van der Waals surface area contributed by atoms with E-state index >= 15 is 0 Å². The number of esters is 1. The molecule has 0 aromatic heterocycles. The molecule has 0 rings (SSSR count). The molecule has 0 fully saturated rings. The molecule has 0 aliphatic heterocycles. The third-order valence-corrected chi connectivity index (χ3v) is 11.6. The molecule has 0 bridgehead atoms. The van der Waals surface area contributed by atoms with Gasteiger partial charge in [0.25, 0.3) is 0 Å². The van der Waals surface area contributed by atoms with Crippen LogP contribution in [0.25, 0.3) is 0 Å². The first-order valence-corrected chi connectivity index (χ1v) is 25.9. The van der Waals surface area contributed by atoms with Crippen LogP contribution in [0, 0.1) is 0 Å². The lowest BCUT2D eigenvalue weighted by Gasteiger charge is -2.24. The largest absolute Gasteiger partial charge is 0.462 e. The fraction of sp³-hybridized carbons (Fsp3) is 0.815. The van der Waals surface area contributed by atoms with E-state index in [4.69, 9.17) is 4.74 Å². The first-order chi connectivity index (χ1) is 29.5. The number of hydrogen-bond donors (Lipinski definition) is 3. The van der Waals surface area contributed by atoms with Gasteiger partial charge >= 0.3 is 5.97 Å². The SMILES string of the molecule is CCCCC/C=C\C/C=C\C/C=C\CCCCC(CC(=O)NC(CO)C(O)CCCCCCCCCCCCCC)OC(=O)CCCCC/C=C\CCCCCCCCC. The van der Waals surface area contributed by atoms with Gasteiger partial charge in [0.2, 0.25) is 5.91 Å². The summed E-state index contributed by atoms with van der Waals surface area (Å²) >= 11 is 0. The monoisotopic (exact) mass is 842 g/mol. The van der Waals surface area contributed by atoms with Crippen molar-refractivity contribution in [1.82, 2.24) is 5.32 Å². The van der Waals surface area contributed by atoms with Crippen molar-refractivity contribution in [2.45, 2.75) is 277 Å². The molecule has 0 aromatic carbocycles. The highest BCUT2D eigenvalue weighted by Gasteiger charge is 2.24. The molecular weight excluding hydrogens is 743 g/mol. The second-order valence-electron chi connectivity index (χ2n) is 17.6. The number of aliphatic hydroxyl groups is 2. The lowest BCUT2D eigenvalue weighted by molar-refractivity contribution is -0.151. The minimum Gasteiger partial charge on any atom is -0.462 e. The van der Waals surface area contributed by atoms with Crippen LogP contribution in [0.2, 0.25) is 0 Å². The van der Waals surface area contributed by atoms with E-state index in [0.717, 1.165) is 83.5 Å². The number of carbonyl (C=O) groups excluding carboxylic acids is 2. The van der Waals surface area contributed by atoms with Crippen LogP contribution in [0.5, 0.6) is 0 Å². The zero-order valence-electron chi connectivity index (χ0n) is 39.8. The second kappa shape index (κ2) is 47.9. The maximum absolute atomic E-state index is 13.2. The second-order valence-corrected chi connectivity index (χ2v) is 17.6. The third-order valence-electron chi connectivity index (χ3n) is 11.6. The summed E-state index contributed by atoms with van der Waals surface area (Å²) in [5.41, 5.74) is 0. The lowest BCUT2D eigenvalue weighted by atomic mass is 10.0. The maximum atomic E-state index is 13.2. The Bertz CT molecular complexity index is 1040. The van der Waals surface area contributed by atoms with Crippen LogP contribution in [0.4, 0.5) is 0 Å². The molecule has 1 amide bonds. The molecular formula is C54H99NO5. The van der Waals surface area contributed by atoms with Gasteiger partial charge < -0.3 is 20.3 Å². The number of carbonyl (C=O) groups is 2. The molecule has 0 spiro atoms. The number of unbranched alkanes of at least 4 members (excludes halogenated alkanes) is 26. The fourth-order valence-corrected chi connectivity index (χ4v) is 7.67. The van der Waals surface area contributed by atoms with Gasteiger partial charge in [-0.05, 0) is 89.9 Å². The molecule has 0 radical (unpaired) electrons. The molecule has 0 aliphatic carbocycles. The number of rotatable bonds is 46. The highest BCUT2D eigenvalue weighted by molar-refractivity contribution is 5.77. The number of nitrogens with one attached hydrogen (secondary N) is 1. The van der Waals surface area contributed by atoms with E-state index < -0.39 is 18.2 Å². The third kappa shape index (κ3) is 42.5. The van der Waals surface area contributed by atoms with E-state index in [2.05, 4.69) is 74.7 Å². The quantitative estimate of drug-likeness (QED) is 0.0322. The zero-order valence-corrected chi connectivity index (χ0v) is 39.8. The van der Waals surface area contributed by atoms with E-state index in [9.17, 15) is 19.8 Å². The normalized spacial score (nSPS) is 13.6. The Hall–Kier alpha value is -2.18. The Kier molecular flexibility index (Phi) is 46.1. The van der Waals surface area contributed by atoms with E-state index in [0.29, 0.717) is 19.3 Å². The number of allylic oxidation sites excluding steroid dienone is 8. The van der Waals surface area contributed by atoms with Gasteiger partial charge in [-0.3, -0.25) is 9.59 Å². The predicted molar refractivity (Wildman–Crippen MR) is 259 cm³/mol. The summed E-state index contributed by atoms with van der Waals surface area (Å²) in [5, 5.41) is 23.7. The molecule has 3 unspecified atom stereocenters. The van der Waals surface area contributed by atoms with Gasteiger partial charge in [-0.15, -0.1) is 0 Å². The Morgan fingerprint density at radius 2 is 0.850 bits per heavy atom. The number of hydrogen-bond acceptors (Lipinski definition) is 5. The average molecular weight is 842 g/mol. The molecule has 0 aliphatic rings. The molecule has 60 heavy (non-hydrogen) atoms. The van der Waals surface area contributed by atoms with Crippen molar-refractivity contribution >= 4 is 11.9 Å². The van der Waals surface area contributed by atoms with E-state index in [-0.39, 0.29) is 24.9 Å². The summed E-state index contributed by atoms with van der Waals surface area (Å²) in [5.74, 6) is -0.526. The Morgan fingerprint density at radius 3 is 1.35 bits per heavy atom. The van der Waals surface area contributed by atoms with Gasteiger partial charge in [-0.25, -0.2) is 0 Å². The first kappa shape index (κ1) is 57.8. The Labute approximate surface area is 372 Å². The van der Waals surface area contributed by atoms with Crippen LogP contribution >= 0.6 is 0 Å². The Morgan fingerprint density at radius 1 is 0.483 bits per heavy atom. The van der Waals surface area contributed by atoms with Crippen molar-refractivity contribution in [3.05, 3.63) is 48.6 Å². The van der Waals surface area contributed by atoms with Crippen molar-refractivity contribution in [1.29, 1.82) is 0 Å². The highest BCUT2D eigenvalue weighted by Crippen LogP contribution is 2.17. The van der Waals surface area contributed by atoms with E-state index in [1.165, 1.54) is 128 Å². The van der Waals surface area contributed by atoms with Gasteiger partial charge in [0.15, 0.2) is 0 Å². The van der Waals surface area contributed by atoms with Crippen LogP contribution in [-0.4, -0.2) is 46.9 Å².